The largest absolute Gasteiger partial charge is 0.480 e. The van der Waals surface area contributed by atoms with Crippen molar-refractivity contribution in [2.45, 2.75) is 161 Å². The Morgan fingerprint density at radius 3 is 1.93 bits per heavy atom. The van der Waals surface area contributed by atoms with Crippen molar-refractivity contribution in [3.05, 3.63) is 36.5 Å². The maximum atomic E-state index is 12.6. The topological polar surface area (TPSA) is 142 Å². The number of hydrogen-bond donors (Lipinski definition) is 4. The molecule has 0 aliphatic heterocycles. The van der Waals surface area contributed by atoms with Crippen LogP contribution >= 0.6 is 0 Å². The zero-order valence-corrected chi connectivity index (χ0v) is 28.8. The highest BCUT2D eigenvalue weighted by Gasteiger charge is 2.18. The average molecular weight is 649 g/mol. The van der Waals surface area contributed by atoms with Crippen molar-refractivity contribution in [3.63, 3.8) is 0 Å². The Bertz CT molecular complexity index is 885. The fourth-order valence-corrected chi connectivity index (χ4v) is 4.76. The van der Waals surface area contributed by atoms with Crippen LogP contribution in [0, 0.1) is 0 Å². The van der Waals surface area contributed by atoms with Crippen molar-refractivity contribution in [3.8, 4) is 0 Å². The third-order valence-corrected chi connectivity index (χ3v) is 7.59. The summed E-state index contributed by atoms with van der Waals surface area (Å²) in [5.41, 5.74) is 0. The van der Waals surface area contributed by atoms with Crippen molar-refractivity contribution in [1.29, 1.82) is 0 Å². The number of carboxylic acid groups (broad SMARTS) is 1. The quantitative estimate of drug-likeness (QED) is 0.0347. The maximum absolute atomic E-state index is 12.6. The van der Waals surface area contributed by atoms with Crippen LogP contribution in [0.2, 0.25) is 0 Å². The van der Waals surface area contributed by atoms with E-state index < -0.39 is 24.5 Å². The summed E-state index contributed by atoms with van der Waals surface area (Å²) in [4.78, 5) is 47.2. The van der Waals surface area contributed by atoms with Gasteiger partial charge in [0.25, 0.3) is 0 Å². The van der Waals surface area contributed by atoms with E-state index in [-0.39, 0.29) is 30.9 Å². The minimum absolute atomic E-state index is 0.141. The van der Waals surface area contributed by atoms with E-state index in [2.05, 4.69) is 54.9 Å². The molecule has 0 aromatic carbocycles. The van der Waals surface area contributed by atoms with Crippen LogP contribution in [0.1, 0.15) is 149 Å². The van der Waals surface area contributed by atoms with Crippen LogP contribution in [0.5, 0.6) is 0 Å². The lowest BCUT2D eigenvalue weighted by Crippen LogP contribution is -2.47. The zero-order valence-electron chi connectivity index (χ0n) is 28.8. The summed E-state index contributed by atoms with van der Waals surface area (Å²) in [6.45, 7) is 3.35. The van der Waals surface area contributed by atoms with E-state index in [1.165, 1.54) is 51.4 Å². The third-order valence-electron chi connectivity index (χ3n) is 7.59. The Balaban J connectivity index is 4.39. The molecular weight excluding hydrogens is 584 g/mol. The standard InChI is InChI=1S/C37H64N2O7/c1-3-5-7-9-11-13-14-15-17-19-25-29-36(43)46-32(26-22-18-16-12-10-8-6-4-2)27-23-20-21-24-28-34(41)38-30-35(42)39-33(31-40)37(44)45/h9,11-12,16,22,26,32-33,40H,3-8,10,13-15,17-21,23-25,27-31H2,1-2H3,(H,38,41)(H,39,42)(H,44,45)/b11-9-,16-12-,26-22-. The minimum atomic E-state index is -1.39. The molecule has 264 valence electrons. The van der Waals surface area contributed by atoms with Crippen LogP contribution in [0.3, 0.4) is 0 Å². The van der Waals surface area contributed by atoms with Crippen molar-refractivity contribution < 1.29 is 34.1 Å². The molecule has 0 aliphatic rings. The van der Waals surface area contributed by atoms with E-state index >= 15 is 0 Å². The normalized spacial score (nSPS) is 12.9. The Kier molecular flexibility index (Phi) is 30.0. The van der Waals surface area contributed by atoms with E-state index in [4.69, 9.17) is 14.9 Å². The van der Waals surface area contributed by atoms with E-state index in [0.717, 1.165) is 64.2 Å². The fraction of sp³-hybridized carbons (Fsp3) is 0.730. The molecule has 0 rings (SSSR count). The summed E-state index contributed by atoms with van der Waals surface area (Å²) in [5, 5.41) is 22.4. The molecule has 2 amide bonds. The molecule has 2 unspecified atom stereocenters. The van der Waals surface area contributed by atoms with E-state index in [9.17, 15) is 19.2 Å². The highest BCUT2D eigenvalue weighted by Crippen LogP contribution is 2.14. The van der Waals surface area contributed by atoms with Gasteiger partial charge in [0.1, 0.15) is 12.1 Å². The number of esters is 1. The number of allylic oxidation sites excluding steroid dienone is 5. The van der Waals surface area contributed by atoms with Gasteiger partial charge >= 0.3 is 11.9 Å². The van der Waals surface area contributed by atoms with Crippen LogP contribution in [0.15, 0.2) is 36.5 Å². The lowest BCUT2D eigenvalue weighted by Gasteiger charge is -2.15. The first-order valence-electron chi connectivity index (χ1n) is 17.9. The summed E-state index contributed by atoms with van der Waals surface area (Å²) >= 11 is 0. The number of aliphatic carboxylic acids is 1. The highest BCUT2D eigenvalue weighted by atomic mass is 16.5. The van der Waals surface area contributed by atoms with Gasteiger partial charge in [-0.2, -0.15) is 0 Å². The second kappa shape index (κ2) is 32.0. The van der Waals surface area contributed by atoms with Crippen LogP contribution in [-0.2, 0) is 23.9 Å². The summed E-state index contributed by atoms with van der Waals surface area (Å²) in [7, 11) is 0. The molecule has 0 bridgehead atoms. The molecular formula is C37H64N2O7. The van der Waals surface area contributed by atoms with E-state index in [0.29, 0.717) is 12.8 Å². The number of aliphatic hydroxyl groups excluding tert-OH is 1. The van der Waals surface area contributed by atoms with Crippen LogP contribution in [0.25, 0.3) is 0 Å². The summed E-state index contributed by atoms with van der Waals surface area (Å²) in [5.74, 6) is -2.44. The van der Waals surface area contributed by atoms with Crippen molar-refractivity contribution in [2.24, 2.45) is 0 Å². The molecule has 0 heterocycles. The first-order chi connectivity index (χ1) is 22.3. The number of amides is 2. The lowest BCUT2D eigenvalue weighted by molar-refractivity contribution is -0.147. The molecule has 4 N–H and O–H groups in total. The van der Waals surface area contributed by atoms with E-state index in [1.54, 1.807) is 0 Å². The molecule has 2 atom stereocenters. The summed E-state index contributed by atoms with van der Waals surface area (Å²) in [6, 6.07) is -1.39. The van der Waals surface area contributed by atoms with Gasteiger partial charge in [0.15, 0.2) is 0 Å². The molecule has 9 nitrogen and oxygen atoms in total. The average Bonchev–Trinajstić information content (AvgIpc) is 3.03. The number of hydrogen-bond acceptors (Lipinski definition) is 6. The predicted molar refractivity (Wildman–Crippen MR) is 185 cm³/mol. The Hall–Kier alpha value is -2.94. The monoisotopic (exact) mass is 648 g/mol. The molecule has 0 aromatic rings. The molecule has 0 saturated heterocycles. The third kappa shape index (κ3) is 28.5. The van der Waals surface area contributed by atoms with Gasteiger partial charge in [-0.25, -0.2) is 4.79 Å². The van der Waals surface area contributed by atoms with Gasteiger partial charge in [0, 0.05) is 12.8 Å². The first-order valence-corrected chi connectivity index (χ1v) is 17.9. The fourth-order valence-electron chi connectivity index (χ4n) is 4.76. The number of carbonyl (C=O) groups is 4. The number of carboxylic acids is 1. The van der Waals surface area contributed by atoms with Gasteiger partial charge in [-0.05, 0) is 70.3 Å². The number of aliphatic hydroxyl groups is 1. The Labute approximate surface area is 278 Å². The number of unbranched alkanes of at least 4 members (excludes halogenated alkanes) is 13. The highest BCUT2D eigenvalue weighted by molar-refractivity contribution is 5.87. The van der Waals surface area contributed by atoms with Gasteiger partial charge in [-0.15, -0.1) is 0 Å². The first kappa shape index (κ1) is 43.1. The number of carbonyl (C=O) groups excluding carboxylic acids is 3. The zero-order chi connectivity index (χ0) is 34.1. The molecule has 9 heteroatoms. The molecule has 0 fully saturated rings. The lowest BCUT2D eigenvalue weighted by atomic mass is 10.1. The molecule has 0 saturated carbocycles. The Morgan fingerprint density at radius 1 is 0.674 bits per heavy atom. The van der Waals surface area contributed by atoms with Gasteiger partial charge in [-0.1, -0.05) is 102 Å². The second-order valence-electron chi connectivity index (χ2n) is 11.9. The summed E-state index contributed by atoms with van der Waals surface area (Å²) < 4.78 is 5.84. The number of nitrogens with one attached hydrogen (secondary N) is 2. The van der Waals surface area contributed by atoms with Gasteiger partial charge < -0.3 is 25.6 Å². The second-order valence-corrected chi connectivity index (χ2v) is 11.9. The number of rotatable bonds is 31. The molecule has 0 aliphatic carbocycles. The maximum Gasteiger partial charge on any atom is 0.328 e. The van der Waals surface area contributed by atoms with Crippen molar-refractivity contribution in [1.82, 2.24) is 10.6 Å². The molecule has 46 heavy (non-hydrogen) atoms. The predicted octanol–water partition coefficient (Wildman–Crippen LogP) is 7.48. The van der Waals surface area contributed by atoms with Crippen LogP contribution in [-0.4, -0.2) is 59.3 Å². The van der Waals surface area contributed by atoms with Crippen molar-refractivity contribution >= 4 is 23.8 Å². The smallest absolute Gasteiger partial charge is 0.328 e. The van der Waals surface area contributed by atoms with E-state index in [1.807, 2.05) is 6.08 Å². The molecule has 0 aromatic heterocycles. The molecule has 0 radical (unpaired) electrons. The minimum Gasteiger partial charge on any atom is -0.480 e. The van der Waals surface area contributed by atoms with Gasteiger partial charge in [-0.3, -0.25) is 14.4 Å². The Morgan fingerprint density at radius 2 is 1.26 bits per heavy atom. The van der Waals surface area contributed by atoms with Crippen LogP contribution in [0.4, 0.5) is 0 Å². The molecule has 0 spiro atoms. The summed E-state index contributed by atoms with van der Waals surface area (Å²) in [6.07, 6.45) is 33.3. The SMILES string of the molecule is CCCC/C=C\CCCCCCCC(=O)OC(/C=C\C/C=C\CCCCC)CCCCCCC(=O)NCC(=O)NC(CO)C(=O)O. The van der Waals surface area contributed by atoms with Gasteiger partial charge in [0.2, 0.25) is 11.8 Å². The van der Waals surface area contributed by atoms with Crippen LogP contribution < -0.4 is 10.6 Å². The number of ether oxygens (including phenoxy) is 1. The van der Waals surface area contributed by atoms with Crippen molar-refractivity contribution in [2.75, 3.05) is 13.2 Å². The van der Waals surface area contributed by atoms with Gasteiger partial charge in [0.05, 0.1) is 13.2 Å².